The molecule has 0 saturated carbocycles. The lowest BCUT2D eigenvalue weighted by atomic mass is 9.90. The normalized spacial score (nSPS) is 16.8. The average molecular weight is 581 g/mol. The second kappa shape index (κ2) is 10.6. The van der Waals surface area contributed by atoms with Crippen molar-refractivity contribution in [1.29, 1.82) is 0 Å². The van der Waals surface area contributed by atoms with Crippen LogP contribution in [0.2, 0.25) is 0 Å². The summed E-state index contributed by atoms with van der Waals surface area (Å²) in [6, 6.07) is 20.7. The summed E-state index contributed by atoms with van der Waals surface area (Å²) < 4.78 is 47.0. The van der Waals surface area contributed by atoms with Gasteiger partial charge in [-0.3, -0.25) is 15.0 Å². The number of aliphatic hydroxyl groups is 1. The molecule has 0 spiro atoms. The zero-order valence-electron chi connectivity index (χ0n) is 21.9. The second-order valence-electron chi connectivity index (χ2n) is 10.5. The van der Waals surface area contributed by atoms with Gasteiger partial charge in [0.2, 0.25) is 5.60 Å². The molecular weight excluding hydrogens is 553 g/mol. The Morgan fingerprint density at radius 3 is 2.41 bits per heavy atom. The molecule has 1 fully saturated rings. The van der Waals surface area contributed by atoms with Crippen LogP contribution in [0.1, 0.15) is 34.9 Å². The predicted octanol–water partition coefficient (Wildman–Crippen LogP) is 6.84. The van der Waals surface area contributed by atoms with Gasteiger partial charge in [-0.1, -0.05) is 42.5 Å². The van der Waals surface area contributed by atoms with Crippen molar-refractivity contribution in [1.82, 2.24) is 14.5 Å². The molecule has 1 aliphatic heterocycles. The third-order valence-corrected chi connectivity index (χ3v) is 9.09. The SMILES string of the molecule is O=[N+]([O-])c1ccc2c(C(O)(CN3CCC(c4nc5ccccc5s4)CC3)C(F)(F)F)cn(Cc3ccccc3)c2c1. The van der Waals surface area contributed by atoms with Crippen molar-refractivity contribution in [3.05, 3.63) is 105 Å². The van der Waals surface area contributed by atoms with Crippen LogP contribution in [-0.4, -0.2) is 50.3 Å². The Balaban J connectivity index is 1.31. The van der Waals surface area contributed by atoms with Crippen LogP contribution in [0.3, 0.4) is 0 Å². The minimum absolute atomic E-state index is 0.135. The molecule has 0 bridgehead atoms. The third kappa shape index (κ3) is 5.20. The highest BCUT2D eigenvalue weighted by molar-refractivity contribution is 7.18. The maximum atomic E-state index is 14.8. The number of rotatable bonds is 7. The maximum absolute atomic E-state index is 14.8. The number of hydrogen-bond acceptors (Lipinski definition) is 6. The Bertz CT molecular complexity index is 1680. The Morgan fingerprint density at radius 1 is 1.02 bits per heavy atom. The van der Waals surface area contributed by atoms with E-state index < -0.39 is 23.2 Å². The number of fused-ring (bicyclic) bond motifs is 2. The van der Waals surface area contributed by atoms with E-state index in [1.807, 2.05) is 54.6 Å². The molecule has 0 radical (unpaired) electrons. The van der Waals surface area contributed by atoms with E-state index in [-0.39, 0.29) is 34.6 Å². The predicted molar refractivity (Wildman–Crippen MR) is 152 cm³/mol. The molecule has 0 aliphatic carbocycles. The molecule has 1 unspecified atom stereocenters. The minimum Gasteiger partial charge on any atom is -0.375 e. The zero-order valence-corrected chi connectivity index (χ0v) is 22.7. The van der Waals surface area contributed by atoms with Crippen LogP contribution < -0.4 is 0 Å². The lowest BCUT2D eigenvalue weighted by molar-refractivity contribution is -0.384. The molecule has 6 rings (SSSR count). The van der Waals surface area contributed by atoms with E-state index in [0.717, 1.165) is 20.8 Å². The summed E-state index contributed by atoms with van der Waals surface area (Å²) in [5, 5.41) is 24.1. The molecule has 1 saturated heterocycles. The molecular formula is C30H27F3N4O3S. The van der Waals surface area contributed by atoms with Crippen LogP contribution in [-0.2, 0) is 12.1 Å². The first-order valence-electron chi connectivity index (χ1n) is 13.3. The molecule has 11 heteroatoms. The number of likely N-dealkylation sites (tertiary alicyclic amines) is 1. The van der Waals surface area contributed by atoms with Crippen molar-refractivity contribution >= 4 is 38.1 Å². The van der Waals surface area contributed by atoms with E-state index >= 15 is 0 Å². The summed E-state index contributed by atoms with van der Waals surface area (Å²) in [4.78, 5) is 17.3. The third-order valence-electron chi connectivity index (χ3n) is 7.89. The van der Waals surface area contributed by atoms with E-state index in [9.17, 15) is 28.4 Å². The number of β-amino-alcohol motifs (C(OH)–C–C–N with tert-alkyl or cyclic N) is 1. The van der Waals surface area contributed by atoms with Crippen molar-refractivity contribution in [2.75, 3.05) is 19.6 Å². The summed E-state index contributed by atoms with van der Waals surface area (Å²) >= 11 is 1.62. The van der Waals surface area contributed by atoms with Crippen LogP contribution in [0.25, 0.3) is 21.1 Å². The fourth-order valence-corrected chi connectivity index (χ4v) is 6.82. The number of halogens is 3. The number of alkyl halides is 3. The number of para-hydroxylation sites is 1. The Kier molecular flexibility index (Phi) is 7.04. The minimum atomic E-state index is -4.98. The Morgan fingerprint density at radius 2 is 1.73 bits per heavy atom. The summed E-state index contributed by atoms with van der Waals surface area (Å²) in [6.07, 6.45) is -2.42. The van der Waals surface area contributed by atoms with Crippen LogP contribution >= 0.6 is 11.3 Å². The van der Waals surface area contributed by atoms with Crippen molar-refractivity contribution < 1.29 is 23.2 Å². The summed E-state index contributed by atoms with van der Waals surface area (Å²) in [5.74, 6) is 0.149. The summed E-state index contributed by atoms with van der Waals surface area (Å²) in [6.45, 7) is 0.324. The van der Waals surface area contributed by atoms with Gasteiger partial charge in [0, 0.05) is 48.3 Å². The number of piperidine rings is 1. The first-order valence-corrected chi connectivity index (χ1v) is 14.1. The van der Waals surface area contributed by atoms with Crippen LogP contribution in [0, 0.1) is 10.1 Å². The molecule has 3 heterocycles. The molecule has 41 heavy (non-hydrogen) atoms. The van der Waals surface area contributed by atoms with Gasteiger partial charge in [0.05, 0.1) is 25.7 Å². The largest absolute Gasteiger partial charge is 0.422 e. The van der Waals surface area contributed by atoms with Crippen LogP contribution in [0.5, 0.6) is 0 Å². The highest BCUT2D eigenvalue weighted by atomic mass is 32.1. The van der Waals surface area contributed by atoms with E-state index in [2.05, 4.69) is 0 Å². The molecule has 212 valence electrons. The fourth-order valence-electron chi connectivity index (χ4n) is 5.69. The Labute approximate surface area is 237 Å². The average Bonchev–Trinajstić information content (AvgIpc) is 3.55. The van der Waals surface area contributed by atoms with Gasteiger partial charge in [0.25, 0.3) is 5.69 Å². The topological polar surface area (TPSA) is 84.4 Å². The molecule has 1 atom stereocenters. The maximum Gasteiger partial charge on any atom is 0.422 e. The van der Waals surface area contributed by atoms with Gasteiger partial charge < -0.3 is 9.67 Å². The van der Waals surface area contributed by atoms with E-state index in [1.54, 1.807) is 20.8 Å². The van der Waals surface area contributed by atoms with Gasteiger partial charge in [-0.05, 0) is 49.7 Å². The molecule has 0 amide bonds. The highest BCUT2D eigenvalue weighted by Crippen LogP contribution is 2.45. The van der Waals surface area contributed by atoms with E-state index in [1.165, 1.54) is 24.4 Å². The van der Waals surface area contributed by atoms with Gasteiger partial charge in [0.1, 0.15) is 0 Å². The van der Waals surface area contributed by atoms with Crippen molar-refractivity contribution in [3.8, 4) is 0 Å². The van der Waals surface area contributed by atoms with Crippen LogP contribution in [0.4, 0.5) is 18.9 Å². The molecule has 7 nitrogen and oxygen atoms in total. The first-order chi connectivity index (χ1) is 19.6. The number of aromatic nitrogens is 2. The molecule has 2 aromatic heterocycles. The quantitative estimate of drug-likeness (QED) is 0.168. The number of nitro groups is 1. The number of hydrogen-bond donors (Lipinski definition) is 1. The second-order valence-corrected chi connectivity index (χ2v) is 11.6. The van der Waals surface area contributed by atoms with E-state index in [4.69, 9.17) is 4.98 Å². The van der Waals surface area contributed by atoms with Crippen molar-refractivity contribution in [2.45, 2.75) is 37.1 Å². The molecule has 1 N–H and O–H groups in total. The molecule has 1 aliphatic rings. The zero-order chi connectivity index (χ0) is 28.8. The summed E-state index contributed by atoms with van der Waals surface area (Å²) in [5.41, 5.74) is -1.71. The Hall–Kier alpha value is -3.80. The van der Waals surface area contributed by atoms with Gasteiger partial charge in [-0.15, -0.1) is 11.3 Å². The first kappa shape index (κ1) is 27.4. The van der Waals surface area contributed by atoms with Gasteiger partial charge >= 0.3 is 6.18 Å². The molecule has 5 aromatic rings. The standard InChI is InChI=1S/C30H27F3N4O3S/c31-30(32,33)29(38,19-35-14-12-21(13-15-35)28-34-25-8-4-5-9-27(25)41-28)24-18-36(17-20-6-2-1-3-7-20)26-16-22(37(39)40)10-11-23(24)26/h1-11,16,18,21,38H,12-15,17,19H2. The van der Waals surface area contributed by atoms with Crippen molar-refractivity contribution in [3.63, 3.8) is 0 Å². The fraction of sp³-hybridized carbons (Fsp3) is 0.300. The van der Waals surface area contributed by atoms with Crippen molar-refractivity contribution in [2.24, 2.45) is 0 Å². The van der Waals surface area contributed by atoms with Gasteiger partial charge in [-0.2, -0.15) is 13.2 Å². The lowest BCUT2D eigenvalue weighted by Gasteiger charge is -2.38. The number of benzene rings is 3. The highest BCUT2D eigenvalue weighted by Gasteiger charge is 2.57. The number of nitro benzene ring substituents is 1. The van der Waals surface area contributed by atoms with Crippen LogP contribution in [0.15, 0.2) is 79.0 Å². The van der Waals surface area contributed by atoms with Gasteiger partial charge in [0.15, 0.2) is 0 Å². The van der Waals surface area contributed by atoms with Gasteiger partial charge in [-0.25, -0.2) is 4.98 Å². The molecule has 3 aromatic carbocycles. The lowest BCUT2D eigenvalue weighted by Crippen LogP contribution is -2.52. The summed E-state index contributed by atoms with van der Waals surface area (Å²) in [7, 11) is 0. The monoisotopic (exact) mass is 580 g/mol. The number of nitrogens with zero attached hydrogens (tertiary/aromatic N) is 4. The number of thiazole rings is 1. The van der Waals surface area contributed by atoms with E-state index in [0.29, 0.717) is 25.9 Å². The number of non-ortho nitro benzene ring substituents is 1. The smallest absolute Gasteiger partial charge is 0.375 e.